The fourth-order valence-corrected chi connectivity index (χ4v) is 6.07. The van der Waals surface area contributed by atoms with Gasteiger partial charge in [0.05, 0.1) is 10.5 Å². The zero-order chi connectivity index (χ0) is 22.3. The highest BCUT2D eigenvalue weighted by atomic mass is 32.2. The van der Waals surface area contributed by atoms with Gasteiger partial charge in [-0.2, -0.15) is 11.8 Å². The highest BCUT2D eigenvalue weighted by Gasteiger charge is 2.23. The molecule has 0 aliphatic carbocycles. The lowest BCUT2D eigenvalue weighted by atomic mass is 10.1. The van der Waals surface area contributed by atoms with Gasteiger partial charge in [0.1, 0.15) is 0 Å². The van der Waals surface area contributed by atoms with Crippen molar-refractivity contribution in [1.82, 2.24) is 9.62 Å². The van der Waals surface area contributed by atoms with Crippen LogP contribution >= 0.6 is 23.5 Å². The molecule has 0 unspecified atom stereocenters. The molecule has 0 atom stereocenters. The molecule has 0 spiro atoms. The quantitative estimate of drug-likeness (QED) is 0.423. The van der Waals surface area contributed by atoms with Gasteiger partial charge in [-0.3, -0.25) is 4.79 Å². The summed E-state index contributed by atoms with van der Waals surface area (Å²) in [7, 11) is -3.67. The van der Waals surface area contributed by atoms with Crippen LogP contribution in [0.15, 0.2) is 52.3 Å². The van der Waals surface area contributed by atoms with E-state index >= 15 is 0 Å². The van der Waals surface area contributed by atoms with Gasteiger partial charge in [-0.1, -0.05) is 29.8 Å². The van der Waals surface area contributed by atoms with Crippen LogP contribution in [0.5, 0.6) is 0 Å². The molecule has 0 radical (unpaired) electrons. The molecule has 0 bridgehead atoms. The maximum absolute atomic E-state index is 13.0. The van der Waals surface area contributed by atoms with Gasteiger partial charge in [0.25, 0.3) is 5.91 Å². The van der Waals surface area contributed by atoms with Crippen molar-refractivity contribution in [3.63, 3.8) is 0 Å². The smallest absolute Gasteiger partial charge is 0.255 e. The monoisotopic (exact) mass is 478 g/mol. The molecule has 2 aromatic rings. The highest BCUT2D eigenvalue weighted by Crippen LogP contribution is 2.26. The molecule has 1 aliphatic heterocycles. The van der Waals surface area contributed by atoms with Crippen LogP contribution < -0.4 is 4.72 Å². The topological polar surface area (TPSA) is 66.5 Å². The summed E-state index contributed by atoms with van der Waals surface area (Å²) in [6.45, 7) is 3.88. The molecule has 31 heavy (non-hydrogen) atoms. The van der Waals surface area contributed by atoms with E-state index < -0.39 is 10.0 Å². The number of likely N-dealkylation sites (tertiary alicyclic amines) is 1. The molecular formula is C23H30N2O3S3. The molecule has 5 nitrogen and oxygen atoms in total. The van der Waals surface area contributed by atoms with Gasteiger partial charge in [-0.25, -0.2) is 13.1 Å². The number of thioether (sulfide) groups is 2. The summed E-state index contributed by atoms with van der Waals surface area (Å²) < 4.78 is 28.3. The molecule has 168 valence electrons. The number of hydrogen-bond donors (Lipinski definition) is 1. The van der Waals surface area contributed by atoms with Crippen molar-refractivity contribution in [1.29, 1.82) is 0 Å². The van der Waals surface area contributed by atoms with Gasteiger partial charge < -0.3 is 4.90 Å². The van der Waals surface area contributed by atoms with Crippen molar-refractivity contribution < 1.29 is 13.2 Å². The molecule has 0 aromatic heterocycles. The standard InChI is InChI=1S/C23H30N2O3S3/c1-18-6-8-19(9-7-18)17-30-15-12-24-31(27,28)20-10-11-22(29-2)21(16-20)23(26)25-13-4-3-5-14-25/h6-11,16,24H,3-5,12-15,17H2,1-2H3. The lowest BCUT2D eigenvalue weighted by molar-refractivity contribution is 0.0720. The third kappa shape index (κ3) is 6.75. The summed E-state index contributed by atoms with van der Waals surface area (Å²) in [4.78, 5) is 15.8. The van der Waals surface area contributed by atoms with Crippen molar-refractivity contribution in [2.24, 2.45) is 0 Å². The summed E-state index contributed by atoms with van der Waals surface area (Å²) in [5, 5.41) is 0. The van der Waals surface area contributed by atoms with Crippen LogP contribution in [-0.4, -0.2) is 50.9 Å². The average molecular weight is 479 g/mol. The predicted molar refractivity (Wildman–Crippen MR) is 131 cm³/mol. The lowest BCUT2D eigenvalue weighted by Gasteiger charge is -2.27. The molecule has 1 aliphatic rings. The van der Waals surface area contributed by atoms with E-state index in [0.29, 0.717) is 17.9 Å². The predicted octanol–water partition coefficient (Wildman–Crippen LogP) is 4.55. The molecular weight excluding hydrogens is 448 g/mol. The molecule has 1 saturated heterocycles. The Morgan fingerprint density at radius 1 is 1.06 bits per heavy atom. The van der Waals surface area contributed by atoms with E-state index in [2.05, 4.69) is 35.9 Å². The lowest BCUT2D eigenvalue weighted by Crippen LogP contribution is -2.36. The fraction of sp³-hybridized carbons (Fsp3) is 0.435. The number of nitrogens with zero attached hydrogens (tertiary/aromatic N) is 1. The van der Waals surface area contributed by atoms with Crippen LogP contribution in [0.2, 0.25) is 0 Å². The minimum absolute atomic E-state index is 0.0743. The van der Waals surface area contributed by atoms with Gasteiger partial charge >= 0.3 is 0 Å². The molecule has 8 heteroatoms. The number of piperidine rings is 1. The number of hydrogen-bond acceptors (Lipinski definition) is 5. The van der Waals surface area contributed by atoms with Gasteiger partial charge in [0, 0.05) is 36.0 Å². The third-order valence-corrected chi connectivity index (χ3v) is 8.57. The zero-order valence-corrected chi connectivity index (χ0v) is 20.5. The second-order valence-corrected chi connectivity index (χ2v) is 11.4. The Balaban J connectivity index is 1.60. The van der Waals surface area contributed by atoms with Crippen molar-refractivity contribution in [2.75, 3.05) is 31.6 Å². The van der Waals surface area contributed by atoms with E-state index in [-0.39, 0.29) is 10.8 Å². The fourth-order valence-electron chi connectivity index (χ4n) is 3.49. The Hall–Kier alpha value is -1.48. The third-order valence-electron chi connectivity index (χ3n) is 5.28. The Labute approximate surface area is 194 Å². The highest BCUT2D eigenvalue weighted by molar-refractivity contribution is 7.98. The summed E-state index contributed by atoms with van der Waals surface area (Å²) >= 11 is 3.15. The number of carbonyl (C=O) groups is 1. The second-order valence-electron chi connectivity index (χ2n) is 7.65. The number of nitrogens with one attached hydrogen (secondary N) is 1. The number of rotatable bonds is 9. The van der Waals surface area contributed by atoms with Crippen LogP contribution in [0.25, 0.3) is 0 Å². The first-order valence-corrected chi connectivity index (χ1v) is 14.4. The van der Waals surface area contributed by atoms with E-state index in [1.54, 1.807) is 23.9 Å². The first-order chi connectivity index (χ1) is 14.9. The van der Waals surface area contributed by atoms with Crippen LogP contribution in [0.4, 0.5) is 0 Å². The van der Waals surface area contributed by atoms with E-state index in [4.69, 9.17) is 0 Å². The van der Waals surface area contributed by atoms with Crippen molar-refractivity contribution in [3.05, 3.63) is 59.2 Å². The van der Waals surface area contributed by atoms with Gasteiger partial charge in [-0.05, 0) is 56.2 Å². The van der Waals surface area contributed by atoms with Crippen molar-refractivity contribution >= 4 is 39.5 Å². The van der Waals surface area contributed by atoms with Crippen LogP contribution in [0.3, 0.4) is 0 Å². The van der Waals surface area contributed by atoms with Crippen LogP contribution in [0, 0.1) is 6.92 Å². The molecule has 0 saturated carbocycles. The SMILES string of the molecule is CSc1ccc(S(=O)(=O)NCCSCc2ccc(C)cc2)cc1C(=O)N1CCCCC1. The van der Waals surface area contributed by atoms with Crippen molar-refractivity contribution in [3.8, 4) is 0 Å². The molecule has 1 amide bonds. The maximum atomic E-state index is 13.0. The summed E-state index contributed by atoms with van der Waals surface area (Å²) in [6.07, 6.45) is 5.04. The first-order valence-electron chi connectivity index (χ1n) is 10.5. The molecule has 3 rings (SSSR count). The minimum atomic E-state index is -3.67. The Morgan fingerprint density at radius 2 is 1.77 bits per heavy atom. The second kappa shape index (κ2) is 11.4. The molecule has 1 N–H and O–H groups in total. The molecule has 1 heterocycles. The Kier molecular flexibility index (Phi) is 8.89. The number of carbonyl (C=O) groups excluding carboxylic acids is 1. The van der Waals surface area contributed by atoms with Crippen molar-refractivity contribution in [2.45, 2.75) is 41.7 Å². The molecule has 2 aromatic carbocycles. The Bertz CT molecular complexity index is 986. The minimum Gasteiger partial charge on any atom is -0.339 e. The van der Waals surface area contributed by atoms with E-state index in [1.165, 1.54) is 29.0 Å². The Morgan fingerprint density at radius 3 is 2.45 bits per heavy atom. The number of sulfonamides is 1. The van der Waals surface area contributed by atoms with Gasteiger partial charge in [-0.15, -0.1) is 11.8 Å². The van der Waals surface area contributed by atoms with E-state index in [9.17, 15) is 13.2 Å². The number of aryl methyl sites for hydroxylation is 1. The normalized spacial score (nSPS) is 14.6. The summed E-state index contributed by atoms with van der Waals surface area (Å²) in [5.41, 5.74) is 2.94. The first kappa shape index (κ1) is 24.2. The number of benzene rings is 2. The summed E-state index contributed by atoms with van der Waals surface area (Å²) in [6, 6.07) is 13.2. The van der Waals surface area contributed by atoms with Gasteiger partial charge in [0.15, 0.2) is 0 Å². The summed E-state index contributed by atoms with van der Waals surface area (Å²) in [5.74, 6) is 1.45. The number of amides is 1. The van der Waals surface area contributed by atoms with E-state index in [1.807, 2.05) is 11.2 Å². The average Bonchev–Trinajstić information content (AvgIpc) is 2.79. The van der Waals surface area contributed by atoms with Gasteiger partial charge in [0.2, 0.25) is 10.0 Å². The zero-order valence-electron chi connectivity index (χ0n) is 18.1. The molecule has 1 fully saturated rings. The van der Waals surface area contributed by atoms with Crippen LogP contribution in [0.1, 0.15) is 40.7 Å². The largest absolute Gasteiger partial charge is 0.339 e. The van der Waals surface area contributed by atoms with E-state index in [0.717, 1.165) is 43.0 Å². The maximum Gasteiger partial charge on any atom is 0.255 e. The van der Waals surface area contributed by atoms with Crippen LogP contribution in [-0.2, 0) is 15.8 Å².